The number of carboxylic acid groups (broad SMARTS) is 1. The number of aliphatic carboxylic acids is 1. The van der Waals surface area contributed by atoms with Gasteiger partial charge in [-0.25, -0.2) is 0 Å². The van der Waals surface area contributed by atoms with Crippen LogP contribution in [0.4, 0.5) is 11.4 Å². The fourth-order valence-electron chi connectivity index (χ4n) is 1.67. The lowest BCUT2D eigenvalue weighted by atomic mass is 10.2. The molecular formula is C14H17ClN2O4. The van der Waals surface area contributed by atoms with Crippen LogP contribution in [0.5, 0.6) is 0 Å². The molecule has 0 heterocycles. The highest BCUT2D eigenvalue weighted by atomic mass is 35.5. The predicted molar refractivity (Wildman–Crippen MR) is 80.5 cm³/mol. The molecule has 0 radical (unpaired) electrons. The van der Waals surface area contributed by atoms with Crippen molar-refractivity contribution >= 4 is 40.8 Å². The Balaban J connectivity index is 2.47. The number of benzene rings is 1. The number of unbranched alkanes of at least 4 members (excludes halogenated alkanes) is 1. The Labute approximate surface area is 127 Å². The number of hydrogen-bond donors (Lipinski definition) is 3. The van der Waals surface area contributed by atoms with Crippen molar-refractivity contribution in [3.05, 3.63) is 23.2 Å². The van der Waals surface area contributed by atoms with E-state index in [4.69, 9.17) is 16.7 Å². The van der Waals surface area contributed by atoms with E-state index in [0.29, 0.717) is 29.2 Å². The number of rotatable bonds is 7. The van der Waals surface area contributed by atoms with Crippen LogP contribution in [0.3, 0.4) is 0 Å². The normalized spacial score (nSPS) is 10.0. The van der Waals surface area contributed by atoms with Crippen molar-refractivity contribution < 1.29 is 19.5 Å². The van der Waals surface area contributed by atoms with Crippen LogP contribution in [0.1, 0.15) is 32.6 Å². The van der Waals surface area contributed by atoms with Gasteiger partial charge in [-0.1, -0.05) is 11.6 Å². The molecule has 114 valence electrons. The van der Waals surface area contributed by atoms with Crippen molar-refractivity contribution in [1.82, 2.24) is 0 Å². The predicted octanol–water partition coefficient (Wildman–Crippen LogP) is 2.88. The largest absolute Gasteiger partial charge is 0.481 e. The van der Waals surface area contributed by atoms with E-state index in [0.717, 1.165) is 0 Å². The Morgan fingerprint density at radius 2 is 1.81 bits per heavy atom. The number of carbonyl (C=O) groups excluding carboxylic acids is 2. The van der Waals surface area contributed by atoms with Gasteiger partial charge >= 0.3 is 5.97 Å². The van der Waals surface area contributed by atoms with E-state index in [1.165, 1.54) is 6.92 Å². The Kier molecular flexibility index (Phi) is 6.68. The monoisotopic (exact) mass is 312 g/mol. The van der Waals surface area contributed by atoms with Gasteiger partial charge in [0.25, 0.3) is 0 Å². The topological polar surface area (TPSA) is 95.5 Å². The molecule has 0 unspecified atom stereocenters. The summed E-state index contributed by atoms with van der Waals surface area (Å²) in [7, 11) is 0. The standard InChI is InChI=1S/C14H17ClN2O4/c1-9(18)16-12-7-6-10(8-11(12)15)17-13(19)4-2-3-5-14(20)21/h6-8H,2-5H2,1H3,(H,16,18)(H,17,19)(H,20,21). The first-order valence-corrected chi connectivity index (χ1v) is 6.85. The van der Waals surface area contributed by atoms with E-state index in [-0.39, 0.29) is 24.7 Å². The molecular weight excluding hydrogens is 296 g/mol. The summed E-state index contributed by atoms with van der Waals surface area (Å²) in [6.45, 7) is 1.38. The summed E-state index contributed by atoms with van der Waals surface area (Å²) in [5.74, 6) is -1.30. The zero-order valence-corrected chi connectivity index (χ0v) is 12.4. The number of nitrogens with one attached hydrogen (secondary N) is 2. The van der Waals surface area contributed by atoms with Gasteiger partial charge in [0.15, 0.2) is 0 Å². The zero-order valence-electron chi connectivity index (χ0n) is 11.6. The van der Waals surface area contributed by atoms with E-state index in [9.17, 15) is 14.4 Å². The summed E-state index contributed by atoms with van der Waals surface area (Å²) >= 11 is 5.99. The minimum Gasteiger partial charge on any atom is -0.481 e. The zero-order chi connectivity index (χ0) is 15.8. The van der Waals surface area contributed by atoms with Crippen molar-refractivity contribution in [2.24, 2.45) is 0 Å². The van der Waals surface area contributed by atoms with Crippen molar-refractivity contribution in [2.75, 3.05) is 10.6 Å². The minimum absolute atomic E-state index is 0.0600. The molecule has 0 aliphatic rings. The average Bonchev–Trinajstić information content (AvgIpc) is 2.37. The molecule has 0 aliphatic carbocycles. The molecule has 21 heavy (non-hydrogen) atoms. The van der Waals surface area contributed by atoms with Gasteiger partial charge in [0.1, 0.15) is 0 Å². The smallest absolute Gasteiger partial charge is 0.303 e. The molecule has 2 amide bonds. The molecule has 7 heteroatoms. The average molecular weight is 313 g/mol. The molecule has 1 aromatic rings. The van der Waals surface area contributed by atoms with Crippen LogP contribution in [0, 0.1) is 0 Å². The molecule has 0 saturated carbocycles. The van der Waals surface area contributed by atoms with Gasteiger partial charge in [0.2, 0.25) is 11.8 Å². The van der Waals surface area contributed by atoms with Crippen LogP contribution in [-0.2, 0) is 14.4 Å². The maximum Gasteiger partial charge on any atom is 0.303 e. The number of carboxylic acids is 1. The first-order valence-electron chi connectivity index (χ1n) is 6.47. The van der Waals surface area contributed by atoms with Crippen molar-refractivity contribution in [1.29, 1.82) is 0 Å². The number of carbonyl (C=O) groups is 3. The Hall–Kier alpha value is -2.08. The number of hydrogen-bond acceptors (Lipinski definition) is 3. The van der Waals surface area contributed by atoms with Gasteiger partial charge < -0.3 is 15.7 Å². The highest BCUT2D eigenvalue weighted by molar-refractivity contribution is 6.34. The van der Waals surface area contributed by atoms with Gasteiger partial charge in [0.05, 0.1) is 10.7 Å². The number of halogens is 1. The summed E-state index contributed by atoms with van der Waals surface area (Å²) in [6, 6.07) is 4.78. The van der Waals surface area contributed by atoms with Gasteiger partial charge in [-0.15, -0.1) is 0 Å². The van der Waals surface area contributed by atoms with Crippen LogP contribution in [0.25, 0.3) is 0 Å². The van der Waals surface area contributed by atoms with E-state index < -0.39 is 5.97 Å². The quantitative estimate of drug-likeness (QED) is 0.675. The highest BCUT2D eigenvalue weighted by Crippen LogP contribution is 2.25. The van der Waals surface area contributed by atoms with Gasteiger partial charge in [0, 0.05) is 25.5 Å². The van der Waals surface area contributed by atoms with Crippen molar-refractivity contribution in [3.8, 4) is 0 Å². The molecule has 0 saturated heterocycles. The fraction of sp³-hybridized carbons (Fsp3) is 0.357. The van der Waals surface area contributed by atoms with E-state index in [1.54, 1.807) is 18.2 Å². The van der Waals surface area contributed by atoms with E-state index in [2.05, 4.69) is 10.6 Å². The maximum absolute atomic E-state index is 11.7. The maximum atomic E-state index is 11.7. The van der Waals surface area contributed by atoms with Crippen LogP contribution in [0.15, 0.2) is 18.2 Å². The third-order valence-electron chi connectivity index (χ3n) is 2.61. The van der Waals surface area contributed by atoms with Crippen LogP contribution < -0.4 is 10.6 Å². The third-order valence-corrected chi connectivity index (χ3v) is 2.92. The Morgan fingerprint density at radius 1 is 1.14 bits per heavy atom. The summed E-state index contributed by atoms with van der Waals surface area (Å²) in [6.07, 6.45) is 1.28. The van der Waals surface area contributed by atoms with Gasteiger partial charge in [-0.3, -0.25) is 14.4 Å². The van der Waals surface area contributed by atoms with Crippen molar-refractivity contribution in [2.45, 2.75) is 32.6 Å². The summed E-state index contributed by atoms with van der Waals surface area (Å²) in [5.41, 5.74) is 1.00. The summed E-state index contributed by atoms with van der Waals surface area (Å²) < 4.78 is 0. The lowest BCUT2D eigenvalue weighted by Gasteiger charge is -2.09. The van der Waals surface area contributed by atoms with Crippen LogP contribution >= 0.6 is 11.6 Å². The molecule has 0 fully saturated rings. The molecule has 1 rings (SSSR count). The van der Waals surface area contributed by atoms with Crippen LogP contribution in [0.2, 0.25) is 5.02 Å². The minimum atomic E-state index is -0.865. The number of anilines is 2. The highest BCUT2D eigenvalue weighted by Gasteiger charge is 2.07. The van der Waals surface area contributed by atoms with Gasteiger partial charge in [-0.05, 0) is 31.0 Å². The van der Waals surface area contributed by atoms with Crippen LogP contribution in [-0.4, -0.2) is 22.9 Å². The van der Waals surface area contributed by atoms with Gasteiger partial charge in [-0.2, -0.15) is 0 Å². The molecule has 6 nitrogen and oxygen atoms in total. The van der Waals surface area contributed by atoms with Crippen molar-refractivity contribution in [3.63, 3.8) is 0 Å². The van der Waals surface area contributed by atoms with E-state index in [1.807, 2.05) is 0 Å². The first-order chi connectivity index (χ1) is 9.88. The second-order valence-electron chi connectivity index (χ2n) is 4.52. The SMILES string of the molecule is CC(=O)Nc1ccc(NC(=O)CCCCC(=O)O)cc1Cl. The molecule has 0 spiro atoms. The third kappa shape index (κ3) is 6.76. The lowest BCUT2D eigenvalue weighted by Crippen LogP contribution is -2.12. The molecule has 1 aromatic carbocycles. The fourth-order valence-corrected chi connectivity index (χ4v) is 1.90. The second kappa shape index (κ2) is 8.26. The molecule has 0 aromatic heterocycles. The first kappa shape index (κ1) is 17.0. The van der Waals surface area contributed by atoms with E-state index >= 15 is 0 Å². The summed E-state index contributed by atoms with van der Waals surface area (Å²) in [5, 5.41) is 14.1. The molecule has 0 atom stereocenters. The molecule has 0 bridgehead atoms. The lowest BCUT2D eigenvalue weighted by molar-refractivity contribution is -0.137. The summed E-state index contributed by atoms with van der Waals surface area (Å²) in [4.78, 5) is 32.9. The Morgan fingerprint density at radius 3 is 2.38 bits per heavy atom. The molecule has 0 aliphatic heterocycles. The second-order valence-corrected chi connectivity index (χ2v) is 4.93. The Bertz CT molecular complexity index is 546. The number of amides is 2. The molecule has 3 N–H and O–H groups in total.